The van der Waals surface area contributed by atoms with Gasteiger partial charge >= 0.3 is 0 Å². The predicted octanol–water partition coefficient (Wildman–Crippen LogP) is 1.49. The summed E-state index contributed by atoms with van der Waals surface area (Å²) in [6.45, 7) is 8.13. The van der Waals surface area contributed by atoms with Gasteiger partial charge in [-0.25, -0.2) is 4.98 Å². The Morgan fingerprint density at radius 2 is 2.43 bits per heavy atom. The van der Waals surface area contributed by atoms with Crippen LogP contribution in [0.3, 0.4) is 0 Å². The number of anilines is 1. The van der Waals surface area contributed by atoms with Crippen molar-refractivity contribution in [2.75, 3.05) is 32.0 Å². The van der Waals surface area contributed by atoms with Crippen LogP contribution in [0.2, 0.25) is 0 Å². The molecular weight excluding hydrogens is 264 g/mol. The molecule has 3 heterocycles. The molecular formula is C16H26N4O. The monoisotopic (exact) mass is 290 g/mol. The summed E-state index contributed by atoms with van der Waals surface area (Å²) in [5.74, 6) is 0.619. The summed E-state index contributed by atoms with van der Waals surface area (Å²) in [6.07, 6.45) is 4.48. The molecule has 0 aliphatic carbocycles. The number of fused-ring (bicyclic) bond motifs is 1. The Labute approximate surface area is 126 Å². The number of nitrogens with one attached hydrogen (secondary N) is 1. The lowest BCUT2D eigenvalue weighted by atomic mass is 9.96. The van der Waals surface area contributed by atoms with Crippen LogP contribution in [0.25, 0.3) is 0 Å². The second kappa shape index (κ2) is 6.30. The molecule has 1 aromatic heterocycles. The highest BCUT2D eigenvalue weighted by Gasteiger charge is 2.37. The molecule has 0 amide bonds. The summed E-state index contributed by atoms with van der Waals surface area (Å²) in [7, 11) is 0. The lowest BCUT2D eigenvalue weighted by Gasteiger charge is -2.39. The zero-order valence-corrected chi connectivity index (χ0v) is 13.0. The molecule has 116 valence electrons. The van der Waals surface area contributed by atoms with Crippen molar-refractivity contribution in [1.29, 1.82) is 0 Å². The van der Waals surface area contributed by atoms with Gasteiger partial charge in [-0.2, -0.15) is 0 Å². The number of hydrogen-bond acceptors (Lipinski definition) is 5. The van der Waals surface area contributed by atoms with Crippen LogP contribution in [-0.4, -0.2) is 48.3 Å². The highest BCUT2D eigenvalue weighted by atomic mass is 16.5. The number of rotatable bonds is 4. The van der Waals surface area contributed by atoms with Crippen LogP contribution in [0.15, 0.2) is 12.3 Å². The van der Waals surface area contributed by atoms with Crippen LogP contribution >= 0.6 is 0 Å². The number of ether oxygens (including phenoxy) is 1. The van der Waals surface area contributed by atoms with Gasteiger partial charge in [0.05, 0.1) is 18.8 Å². The minimum Gasteiger partial charge on any atom is -0.383 e. The van der Waals surface area contributed by atoms with E-state index in [1.807, 2.05) is 6.07 Å². The number of pyridine rings is 1. The topological polar surface area (TPSA) is 63.4 Å². The van der Waals surface area contributed by atoms with Crippen molar-refractivity contribution in [2.45, 2.75) is 44.9 Å². The molecule has 5 nitrogen and oxygen atoms in total. The number of nitrogen functional groups attached to an aromatic ring is 1. The van der Waals surface area contributed by atoms with E-state index in [1.54, 1.807) is 6.20 Å². The molecule has 3 atom stereocenters. The summed E-state index contributed by atoms with van der Waals surface area (Å²) < 4.78 is 6.18. The third kappa shape index (κ3) is 2.91. The molecule has 3 rings (SSSR count). The van der Waals surface area contributed by atoms with Gasteiger partial charge in [0, 0.05) is 24.3 Å². The summed E-state index contributed by atoms with van der Waals surface area (Å²) in [5, 5.41) is 3.56. The van der Waals surface area contributed by atoms with E-state index in [-0.39, 0.29) is 12.1 Å². The molecule has 21 heavy (non-hydrogen) atoms. The van der Waals surface area contributed by atoms with Gasteiger partial charge in [-0.3, -0.25) is 4.90 Å². The molecule has 3 N–H and O–H groups in total. The van der Waals surface area contributed by atoms with Crippen molar-refractivity contribution in [3.63, 3.8) is 0 Å². The standard InChI is InChI=1S/C16H26N4O/c1-3-18-15(14-11(2)6-7-19-16(14)17)13-9-20-8-4-5-12(20)10-21-13/h6-7,12-13,15,18H,3-5,8-10H2,1-2H3,(H2,17,19). The molecule has 2 aliphatic heterocycles. The first-order valence-corrected chi connectivity index (χ1v) is 8.00. The molecule has 2 saturated heterocycles. The lowest BCUT2D eigenvalue weighted by molar-refractivity contribution is -0.0650. The van der Waals surface area contributed by atoms with Crippen LogP contribution in [0.5, 0.6) is 0 Å². The molecule has 3 unspecified atom stereocenters. The van der Waals surface area contributed by atoms with E-state index in [2.05, 4.69) is 29.0 Å². The van der Waals surface area contributed by atoms with Crippen molar-refractivity contribution >= 4 is 5.82 Å². The maximum atomic E-state index is 6.18. The number of hydrogen-bond donors (Lipinski definition) is 2. The summed E-state index contributed by atoms with van der Waals surface area (Å²) in [4.78, 5) is 6.84. The molecule has 2 aliphatic rings. The van der Waals surface area contributed by atoms with E-state index in [9.17, 15) is 0 Å². The second-order valence-corrected chi connectivity index (χ2v) is 6.12. The fourth-order valence-electron chi connectivity index (χ4n) is 3.68. The van der Waals surface area contributed by atoms with Gasteiger partial charge in [-0.1, -0.05) is 6.92 Å². The SMILES string of the molecule is CCNC(c1c(C)ccnc1N)C1CN2CCCC2CO1. The van der Waals surface area contributed by atoms with Crippen LogP contribution in [-0.2, 0) is 4.74 Å². The van der Waals surface area contributed by atoms with Crippen LogP contribution in [0, 0.1) is 6.92 Å². The fraction of sp³-hybridized carbons (Fsp3) is 0.688. The smallest absolute Gasteiger partial charge is 0.128 e. The van der Waals surface area contributed by atoms with Crippen molar-refractivity contribution < 1.29 is 4.74 Å². The Kier molecular flexibility index (Phi) is 4.42. The minimum atomic E-state index is 0.116. The number of aromatic nitrogens is 1. The third-order valence-corrected chi connectivity index (χ3v) is 4.76. The van der Waals surface area contributed by atoms with Gasteiger partial charge in [-0.15, -0.1) is 0 Å². The first-order chi connectivity index (χ1) is 10.2. The Hall–Kier alpha value is -1.17. The van der Waals surface area contributed by atoms with Crippen LogP contribution < -0.4 is 11.1 Å². The molecule has 0 bridgehead atoms. The van der Waals surface area contributed by atoms with Crippen LogP contribution in [0.4, 0.5) is 5.82 Å². The van der Waals surface area contributed by atoms with Gasteiger partial charge in [0.1, 0.15) is 5.82 Å². The normalized spacial score (nSPS) is 27.5. The van der Waals surface area contributed by atoms with Gasteiger partial charge in [0.25, 0.3) is 0 Å². The minimum absolute atomic E-state index is 0.116. The summed E-state index contributed by atoms with van der Waals surface area (Å²) in [5.41, 5.74) is 8.43. The number of likely N-dealkylation sites (N-methyl/N-ethyl adjacent to an activating group) is 1. The average Bonchev–Trinajstić information content (AvgIpc) is 2.93. The predicted molar refractivity (Wildman–Crippen MR) is 84.1 cm³/mol. The van der Waals surface area contributed by atoms with E-state index in [0.717, 1.165) is 25.3 Å². The Morgan fingerprint density at radius 1 is 1.57 bits per heavy atom. The second-order valence-electron chi connectivity index (χ2n) is 6.12. The van der Waals surface area contributed by atoms with Crippen molar-refractivity contribution in [3.8, 4) is 0 Å². The lowest BCUT2D eigenvalue weighted by Crippen LogP contribution is -2.51. The first kappa shape index (κ1) is 14.8. The van der Waals surface area contributed by atoms with E-state index in [4.69, 9.17) is 10.5 Å². The van der Waals surface area contributed by atoms with Crippen molar-refractivity contribution in [1.82, 2.24) is 15.2 Å². The van der Waals surface area contributed by atoms with Gasteiger partial charge < -0.3 is 15.8 Å². The fourth-order valence-corrected chi connectivity index (χ4v) is 3.68. The average molecular weight is 290 g/mol. The number of morpholine rings is 1. The highest BCUT2D eigenvalue weighted by molar-refractivity contribution is 5.46. The molecule has 0 radical (unpaired) electrons. The van der Waals surface area contributed by atoms with E-state index in [1.165, 1.54) is 24.9 Å². The molecule has 5 heteroatoms. The Morgan fingerprint density at radius 3 is 3.19 bits per heavy atom. The van der Waals surface area contributed by atoms with Crippen molar-refractivity contribution in [2.24, 2.45) is 0 Å². The largest absolute Gasteiger partial charge is 0.383 e. The molecule has 0 saturated carbocycles. The molecule has 1 aromatic rings. The zero-order chi connectivity index (χ0) is 14.8. The first-order valence-electron chi connectivity index (χ1n) is 8.00. The summed E-state index contributed by atoms with van der Waals surface area (Å²) in [6, 6.07) is 2.76. The van der Waals surface area contributed by atoms with Crippen LogP contribution in [0.1, 0.15) is 36.9 Å². The zero-order valence-electron chi connectivity index (χ0n) is 13.0. The van der Waals surface area contributed by atoms with E-state index >= 15 is 0 Å². The van der Waals surface area contributed by atoms with Crippen molar-refractivity contribution in [3.05, 3.63) is 23.4 Å². The Bertz CT molecular complexity index is 473. The van der Waals surface area contributed by atoms with Gasteiger partial charge in [-0.05, 0) is 44.5 Å². The molecule has 0 aromatic carbocycles. The number of aryl methyl sites for hydroxylation is 1. The maximum absolute atomic E-state index is 6.18. The van der Waals surface area contributed by atoms with E-state index < -0.39 is 0 Å². The number of nitrogens with two attached hydrogens (primary N) is 1. The number of nitrogens with zero attached hydrogens (tertiary/aromatic N) is 2. The quantitative estimate of drug-likeness (QED) is 0.879. The van der Waals surface area contributed by atoms with E-state index in [0.29, 0.717) is 11.9 Å². The summed E-state index contributed by atoms with van der Waals surface area (Å²) >= 11 is 0. The molecule has 2 fully saturated rings. The Balaban J connectivity index is 1.84. The highest BCUT2D eigenvalue weighted by Crippen LogP contribution is 2.31. The maximum Gasteiger partial charge on any atom is 0.128 e. The van der Waals surface area contributed by atoms with Gasteiger partial charge in [0.2, 0.25) is 0 Å². The molecule has 0 spiro atoms. The third-order valence-electron chi connectivity index (χ3n) is 4.76. The van der Waals surface area contributed by atoms with Gasteiger partial charge in [0.15, 0.2) is 0 Å².